The quantitative estimate of drug-likeness (QED) is 0.502. The van der Waals surface area contributed by atoms with Gasteiger partial charge in [0.25, 0.3) is 0 Å². The zero-order valence-electron chi connectivity index (χ0n) is 17.6. The van der Waals surface area contributed by atoms with Crippen molar-refractivity contribution in [3.05, 3.63) is 0 Å². The number of alkyl carbamates (subject to hydrolysis) is 1. The Morgan fingerprint density at radius 2 is 1.26 bits per heavy atom. The molecule has 1 amide bonds. The summed E-state index contributed by atoms with van der Waals surface area (Å²) in [5.74, 6) is -1.21. The molecule has 0 rings (SSSR count). The average molecular weight is 511 g/mol. The molecular formula is C15H28F6N2O6S2. The maximum atomic E-state index is 12.6. The molecule has 0 bridgehead atoms. The number of nitrogens with two attached hydrogens (primary N) is 1. The Morgan fingerprint density at radius 1 is 0.871 bits per heavy atom. The summed E-state index contributed by atoms with van der Waals surface area (Å²) in [6.07, 6.45) is -10.1. The van der Waals surface area contributed by atoms with Crippen LogP contribution in [0.1, 0.15) is 33.6 Å². The van der Waals surface area contributed by atoms with Gasteiger partial charge in [-0.1, -0.05) is 0 Å². The summed E-state index contributed by atoms with van der Waals surface area (Å²) in [4.78, 5) is 11.3. The largest absolute Gasteiger partial charge is 0.444 e. The highest BCUT2D eigenvalue weighted by atomic mass is 32.2. The zero-order valence-corrected chi connectivity index (χ0v) is 19.2. The molecule has 0 spiro atoms. The van der Waals surface area contributed by atoms with E-state index in [0.29, 0.717) is 0 Å². The van der Waals surface area contributed by atoms with E-state index >= 15 is 0 Å². The molecule has 16 heteroatoms. The van der Waals surface area contributed by atoms with Gasteiger partial charge in [-0.15, -0.1) is 0 Å². The first-order valence-corrected chi connectivity index (χ1v) is 12.7. The first-order valence-electron chi connectivity index (χ1n) is 8.57. The van der Waals surface area contributed by atoms with Crippen LogP contribution in [0, 0.1) is 0 Å². The number of ether oxygens (including phenoxy) is 1. The predicted molar refractivity (Wildman–Crippen MR) is 102 cm³/mol. The monoisotopic (exact) mass is 510 g/mol. The lowest BCUT2D eigenvalue weighted by Gasteiger charge is -2.24. The number of nitrogens with one attached hydrogen (secondary N) is 1. The zero-order chi connectivity index (χ0) is 25.5. The Bertz CT molecular complexity index is 773. The Morgan fingerprint density at radius 3 is 1.55 bits per heavy atom. The standard InChI is InChI=1S/C10H18F3NO4S.C5H10F3NO2S/c1-9(2,3)18-8(15)14-7(10(11,12)13)5-6-19(4,16)17;1-12(10,11)3-2-4(9)5(6,7)8/h7H,5-6H2,1-4H3,(H,14,15);4H,2-3,9H2,1H3. The Labute approximate surface area is 177 Å². The normalized spacial score (nSPS) is 15.4. The molecule has 2 atom stereocenters. The summed E-state index contributed by atoms with van der Waals surface area (Å²) in [6.45, 7) is 4.52. The molecule has 0 aromatic carbocycles. The Balaban J connectivity index is 0. The van der Waals surface area contributed by atoms with E-state index in [2.05, 4.69) is 5.73 Å². The first-order chi connectivity index (χ1) is 13.3. The summed E-state index contributed by atoms with van der Waals surface area (Å²) in [7, 11) is -6.90. The predicted octanol–water partition coefficient (Wildman–Crippen LogP) is 2.19. The number of carbonyl (C=O) groups is 1. The number of halogens is 6. The van der Waals surface area contributed by atoms with Crippen molar-refractivity contribution in [2.24, 2.45) is 5.73 Å². The van der Waals surface area contributed by atoms with E-state index in [1.165, 1.54) is 20.8 Å². The highest BCUT2D eigenvalue weighted by molar-refractivity contribution is 7.90. The molecule has 0 fully saturated rings. The van der Waals surface area contributed by atoms with Gasteiger partial charge in [0.1, 0.15) is 37.4 Å². The lowest BCUT2D eigenvalue weighted by molar-refractivity contribution is -0.155. The summed E-state index contributed by atoms with van der Waals surface area (Å²) >= 11 is 0. The molecule has 0 radical (unpaired) electrons. The van der Waals surface area contributed by atoms with Crippen molar-refractivity contribution in [2.45, 2.75) is 63.7 Å². The lowest BCUT2D eigenvalue weighted by Crippen LogP contribution is -2.48. The van der Waals surface area contributed by atoms with Gasteiger partial charge in [0.05, 0.1) is 11.5 Å². The van der Waals surface area contributed by atoms with E-state index in [9.17, 15) is 48.0 Å². The van der Waals surface area contributed by atoms with Crippen LogP contribution in [0.3, 0.4) is 0 Å². The van der Waals surface area contributed by atoms with Gasteiger partial charge in [0.15, 0.2) is 0 Å². The van der Waals surface area contributed by atoms with Crippen molar-refractivity contribution in [1.82, 2.24) is 5.32 Å². The molecule has 3 N–H and O–H groups in total. The van der Waals surface area contributed by atoms with Crippen LogP contribution in [-0.4, -0.2) is 77.0 Å². The highest BCUT2D eigenvalue weighted by Crippen LogP contribution is 2.23. The van der Waals surface area contributed by atoms with Crippen LogP contribution < -0.4 is 11.1 Å². The number of hydrogen-bond donors (Lipinski definition) is 2. The van der Waals surface area contributed by atoms with Crippen molar-refractivity contribution in [3.8, 4) is 0 Å². The summed E-state index contributed by atoms with van der Waals surface area (Å²) in [5, 5.41) is 1.64. The highest BCUT2D eigenvalue weighted by Gasteiger charge is 2.41. The van der Waals surface area contributed by atoms with Gasteiger partial charge in [-0.3, -0.25) is 0 Å². The van der Waals surface area contributed by atoms with E-state index in [4.69, 9.17) is 4.74 Å². The fourth-order valence-electron chi connectivity index (χ4n) is 1.60. The SMILES string of the molecule is CC(C)(C)OC(=O)NC(CCS(C)(=O)=O)C(F)(F)F.CS(=O)(=O)CCC(N)C(F)(F)F. The molecule has 8 nitrogen and oxygen atoms in total. The second-order valence-corrected chi connectivity index (χ2v) is 12.2. The minimum Gasteiger partial charge on any atom is -0.444 e. The van der Waals surface area contributed by atoms with Gasteiger partial charge in [0, 0.05) is 12.5 Å². The van der Waals surface area contributed by atoms with Crippen LogP contribution in [0.25, 0.3) is 0 Å². The van der Waals surface area contributed by atoms with Crippen LogP contribution in [0.4, 0.5) is 31.1 Å². The van der Waals surface area contributed by atoms with E-state index in [1.807, 2.05) is 0 Å². The Hall–Kier alpha value is -1.29. The third-order valence-corrected chi connectivity index (χ3v) is 5.04. The molecule has 0 heterocycles. The second kappa shape index (κ2) is 11.5. The van der Waals surface area contributed by atoms with E-state index in [0.717, 1.165) is 12.5 Å². The fraction of sp³-hybridized carbons (Fsp3) is 0.933. The number of hydrogen-bond acceptors (Lipinski definition) is 7. The van der Waals surface area contributed by atoms with E-state index < -0.39 is 80.2 Å². The van der Waals surface area contributed by atoms with Crippen LogP contribution in [0.15, 0.2) is 0 Å². The van der Waals surface area contributed by atoms with Gasteiger partial charge in [-0.2, -0.15) is 26.3 Å². The molecule has 0 saturated heterocycles. The maximum Gasteiger partial charge on any atom is 0.408 e. The number of carbonyl (C=O) groups excluding carboxylic acids is 1. The van der Waals surface area contributed by atoms with Gasteiger partial charge >= 0.3 is 18.4 Å². The van der Waals surface area contributed by atoms with Crippen molar-refractivity contribution in [3.63, 3.8) is 0 Å². The van der Waals surface area contributed by atoms with Gasteiger partial charge in [-0.25, -0.2) is 21.6 Å². The van der Waals surface area contributed by atoms with Gasteiger partial charge < -0.3 is 15.8 Å². The molecule has 188 valence electrons. The van der Waals surface area contributed by atoms with E-state index in [-0.39, 0.29) is 0 Å². The van der Waals surface area contributed by atoms with Crippen LogP contribution in [-0.2, 0) is 24.4 Å². The fourth-order valence-corrected chi connectivity index (χ4v) is 2.95. The molecule has 0 aliphatic heterocycles. The first kappa shape index (κ1) is 31.9. The molecule has 0 aliphatic rings. The van der Waals surface area contributed by atoms with Gasteiger partial charge in [0.2, 0.25) is 0 Å². The van der Waals surface area contributed by atoms with Crippen molar-refractivity contribution < 1.29 is 52.7 Å². The summed E-state index contributed by atoms with van der Waals surface area (Å²) < 4.78 is 120. The lowest BCUT2D eigenvalue weighted by atomic mass is 10.2. The maximum absolute atomic E-state index is 12.6. The van der Waals surface area contributed by atoms with Crippen LogP contribution in [0.2, 0.25) is 0 Å². The number of rotatable bonds is 7. The minimum absolute atomic E-state index is 0.534. The molecule has 0 aromatic heterocycles. The molecule has 0 aromatic rings. The van der Waals surface area contributed by atoms with Crippen molar-refractivity contribution in [1.29, 1.82) is 0 Å². The summed E-state index contributed by atoms with van der Waals surface area (Å²) in [5.41, 5.74) is 3.74. The van der Waals surface area contributed by atoms with Crippen LogP contribution in [0.5, 0.6) is 0 Å². The molecule has 31 heavy (non-hydrogen) atoms. The number of alkyl halides is 6. The molecule has 0 saturated carbocycles. The third-order valence-electron chi connectivity index (χ3n) is 3.08. The minimum atomic E-state index is -4.73. The van der Waals surface area contributed by atoms with E-state index in [1.54, 1.807) is 5.32 Å². The van der Waals surface area contributed by atoms with Gasteiger partial charge in [-0.05, 0) is 33.6 Å². The number of amides is 1. The Kier molecular flexibility index (Phi) is 11.9. The average Bonchev–Trinajstić information content (AvgIpc) is 2.44. The van der Waals surface area contributed by atoms with Crippen molar-refractivity contribution >= 4 is 25.8 Å². The molecule has 0 aliphatic carbocycles. The summed E-state index contributed by atoms with van der Waals surface area (Å²) in [6, 6.07) is -4.30. The third kappa shape index (κ3) is 20.4. The smallest absolute Gasteiger partial charge is 0.408 e. The van der Waals surface area contributed by atoms with Crippen molar-refractivity contribution in [2.75, 3.05) is 24.0 Å². The topological polar surface area (TPSA) is 133 Å². The second-order valence-electron chi connectivity index (χ2n) is 7.73. The number of sulfone groups is 2. The van der Waals surface area contributed by atoms with Crippen LogP contribution >= 0.6 is 0 Å². The molecule has 2 unspecified atom stereocenters. The molecular weight excluding hydrogens is 482 g/mol.